The van der Waals surface area contributed by atoms with Crippen LogP contribution in [0.25, 0.3) is 5.57 Å². The Kier molecular flexibility index (Phi) is 4.19. The van der Waals surface area contributed by atoms with Crippen molar-refractivity contribution in [3.05, 3.63) is 52.0 Å². The molecule has 1 aliphatic rings. The molecule has 96 valence electrons. The molecule has 0 saturated heterocycles. The van der Waals surface area contributed by atoms with Crippen LogP contribution in [0.2, 0.25) is 5.02 Å². The van der Waals surface area contributed by atoms with E-state index in [-0.39, 0.29) is 0 Å². The van der Waals surface area contributed by atoms with Gasteiger partial charge in [0.15, 0.2) is 8.67 Å². The van der Waals surface area contributed by atoms with Gasteiger partial charge in [-0.25, -0.2) is 0 Å². The summed E-state index contributed by atoms with van der Waals surface area (Å²) in [6.45, 7) is 0. The van der Waals surface area contributed by atoms with Gasteiger partial charge in [0.2, 0.25) is 0 Å². The zero-order valence-electron chi connectivity index (χ0n) is 8.73. The van der Waals surface area contributed by atoms with Crippen LogP contribution in [0.3, 0.4) is 0 Å². The lowest BCUT2D eigenvalue weighted by molar-refractivity contribution is 0.897. The quantitative estimate of drug-likeness (QED) is 0.521. The fourth-order valence-electron chi connectivity index (χ4n) is 1.57. The molecule has 0 N–H and O–H groups in total. The third-order valence-electron chi connectivity index (χ3n) is 2.50. The van der Waals surface area contributed by atoms with Crippen LogP contribution in [0.4, 0.5) is 0 Å². The third-order valence-corrected chi connectivity index (χ3v) is 5.16. The van der Waals surface area contributed by atoms with Gasteiger partial charge in [0.05, 0.1) is 0 Å². The molecular formula is C12H6Cl6. The fraction of sp³-hybridized carbons (Fsp3) is 0.167. The van der Waals surface area contributed by atoms with Gasteiger partial charge in [0.25, 0.3) is 0 Å². The van der Waals surface area contributed by atoms with E-state index in [0.29, 0.717) is 15.6 Å². The molecule has 18 heavy (non-hydrogen) atoms. The molecule has 1 aliphatic carbocycles. The van der Waals surface area contributed by atoms with Gasteiger partial charge in [-0.15, -0.1) is 0 Å². The molecular weight excluding hydrogens is 357 g/mol. The molecule has 0 bridgehead atoms. The van der Waals surface area contributed by atoms with Gasteiger partial charge in [-0.2, -0.15) is 0 Å². The largest absolute Gasteiger partial charge is 0.174 e. The number of halogens is 6. The Morgan fingerprint density at radius 2 is 1.33 bits per heavy atom. The van der Waals surface area contributed by atoms with Crippen molar-refractivity contribution in [3.8, 4) is 0 Å². The first-order valence-corrected chi connectivity index (χ1v) is 7.13. The molecule has 6 heteroatoms. The second kappa shape index (κ2) is 5.09. The van der Waals surface area contributed by atoms with Gasteiger partial charge in [0.1, 0.15) is 0 Å². The van der Waals surface area contributed by atoms with Gasteiger partial charge in [-0.1, -0.05) is 87.8 Å². The Labute approximate surface area is 135 Å². The molecule has 1 aromatic rings. The molecule has 0 atom stereocenters. The van der Waals surface area contributed by atoms with Crippen molar-refractivity contribution in [1.29, 1.82) is 0 Å². The first-order chi connectivity index (χ1) is 8.24. The Hall–Kier alpha value is 0.440. The third kappa shape index (κ3) is 2.65. The number of alkyl halides is 4. The van der Waals surface area contributed by atoms with Gasteiger partial charge >= 0.3 is 0 Å². The molecule has 0 nitrogen and oxygen atoms in total. The lowest BCUT2D eigenvalue weighted by Gasteiger charge is -2.32. The standard InChI is InChI=1S/C12H6Cl6/c13-9-4-2-1-3-7(9)8-5-11(15,16)12(17,18)6-10(8)14/h1-6H. The molecule has 0 heterocycles. The Morgan fingerprint density at radius 1 is 0.778 bits per heavy atom. The first-order valence-electron chi connectivity index (χ1n) is 4.87. The monoisotopic (exact) mass is 360 g/mol. The van der Waals surface area contributed by atoms with Crippen LogP contribution in [-0.2, 0) is 0 Å². The van der Waals surface area contributed by atoms with E-state index in [1.807, 2.05) is 18.2 Å². The summed E-state index contributed by atoms with van der Waals surface area (Å²) in [5.74, 6) is 0. The summed E-state index contributed by atoms with van der Waals surface area (Å²) in [4.78, 5) is 0. The zero-order valence-corrected chi connectivity index (χ0v) is 13.3. The lowest BCUT2D eigenvalue weighted by Crippen LogP contribution is -2.35. The maximum absolute atomic E-state index is 6.15. The normalized spacial score (nSPS) is 21.2. The molecule has 0 amide bonds. The summed E-state index contributed by atoms with van der Waals surface area (Å²) in [5.41, 5.74) is 1.32. The summed E-state index contributed by atoms with van der Waals surface area (Å²) >= 11 is 36.5. The van der Waals surface area contributed by atoms with Crippen molar-refractivity contribution < 1.29 is 0 Å². The molecule has 0 aliphatic heterocycles. The summed E-state index contributed by atoms with van der Waals surface area (Å²) < 4.78 is -2.97. The molecule has 0 radical (unpaired) electrons. The van der Waals surface area contributed by atoms with E-state index in [0.717, 1.165) is 5.56 Å². The highest BCUT2D eigenvalue weighted by Gasteiger charge is 2.47. The van der Waals surface area contributed by atoms with Crippen molar-refractivity contribution in [2.75, 3.05) is 0 Å². The molecule has 0 spiro atoms. The van der Waals surface area contributed by atoms with Crippen LogP contribution in [0.1, 0.15) is 5.56 Å². The van der Waals surface area contributed by atoms with Crippen molar-refractivity contribution in [2.45, 2.75) is 8.67 Å². The van der Waals surface area contributed by atoms with Gasteiger partial charge in [-0.3, -0.25) is 0 Å². The zero-order chi connectivity index (χ0) is 13.6. The van der Waals surface area contributed by atoms with Crippen LogP contribution < -0.4 is 0 Å². The van der Waals surface area contributed by atoms with Crippen LogP contribution in [0.5, 0.6) is 0 Å². The average Bonchev–Trinajstić information content (AvgIpc) is 2.24. The SMILES string of the molecule is ClC1=CC(Cl)(Cl)C(Cl)(Cl)C=C1c1ccccc1Cl. The smallest absolute Gasteiger partial charge is 0.0932 e. The maximum atomic E-state index is 6.15. The Balaban J connectivity index is 2.57. The average molecular weight is 363 g/mol. The number of rotatable bonds is 1. The van der Waals surface area contributed by atoms with E-state index in [9.17, 15) is 0 Å². The number of hydrogen-bond donors (Lipinski definition) is 0. The number of benzene rings is 1. The summed E-state index contributed by atoms with van der Waals surface area (Å²) in [6.07, 6.45) is 2.90. The molecule has 0 fully saturated rings. The molecule has 0 unspecified atom stereocenters. The Morgan fingerprint density at radius 3 is 1.94 bits per heavy atom. The summed E-state index contributed by atoms with van der Waals surface area (Å²) in [7, 11) is 0. The number of allylic oxidation sites excluding steroid dienone is 4. The topological polar surface area (TPSA) is 0 Å². The van der Waals surface area contributed by atoms with Crippen molar-refractivity contribution in [2.24, 2.45) is 0 Å². The van der Waals surface area contributed by atoms with E-state index >= 15 is 0 Å². The van der Waals surface area contributed by atoms with E-state index in [4.69, 9.17) is 69.6 Å². The minimum atomic E-state index is -1.49. The van der Waals surface area contributed by atoms with E-state index in [2.05, 4.69) is 0 Å². The van der Waals surface area contributed by atoms with Crippen molar-refractivity contribution in [3.63, 3.8) is 0 Å². The van der Waals surface area contributed by atoms with Crippen LogP contribution in [-0.4, -0.2) is 8.67 Å². The Bertz CT molecular complexity index is 541. The van der Waals surface area contributed by atoms with Gasteiger partial charge in [-0.05, 0) is 18.2 Å². The lowest BCUT2D eigenvalue weighted by atomic mass is 9.98. The van der Waals surface area contributed by atoms with Crippen LogP contribution in [0, 0.1) is 0 Å². The molecule has 1 aromatic carbocycles. The minimum Gasteiger partial charge on any atom is -0.0932 e. The second-order valence-electron chi connectivity index (χ2n) is 3.78. The first kappa shape index (κ1) is 14.8. The van der Waals surface area contributed by atoms with E-state index < -0.39 is 8.67 Å². The number of hydrogen-bond acceptors (Lipinski definition) is 0. The maximum Gasteiger partial charge on any atom is 0.174 e. The molecule has 0 saturated carbocycles. The van der Waals surface area contributed by atoms with Crippen LogP contribution >= 0.6 is 69.6 Å². The molecule has 0 aromatic heterocycles. The highest BCUT2D eigenvalue weighted by atomic mass is 35.5. The van der Waals surface area contributed by atoms with Crippen LogP contribution in [0.15, 0.2) is 41.4 Å². The predicted octanol–water partition coefficient (Wildman–Crippen LogP) is 6.21. The summed E-state index contributed by atoms with van der Waals surface area (Å²) in [5, 5.41) is 0.890. The van der Waals surface area contributed by atoms with Crippen molar-refractivity contribution >= 4 is 75.2 Å². The molecule has 2 rings (SSSR count). The van der Waals surface area contributed by atoms with E-state index in [1.54, 1.807) is 6.07 Å². The van der Waals surface area contributed by atoms with Gasteiger partial charge < -0.3 is 0 Å². The second-order valence-corrected chi connectivity index (χ2v) is 7.36. The van der Waals surface area contributed by atoms with Crippen molar-refractivity contribution in [1.82, 2.24) is 0 Å². The minimum absolute atomic E-state index is 0.352. The van der Waals surface area contributed by atoms with Gasteiger partial charge in [0, 0.05) is 21.2 Å². The highest BCUT2D eigenvalue weighted by Crippen LogP contribution is 2.52. The highest BCUT2D eigenvalue weighted by molar-refractivity contribution is 6.65. The fourth-order valence-corrected chi connectivity index (χ4v) is 2.89. The predicted molar refractivity (Wildman–Crippen MR) is 82.2 cm³/mol. The van der Waals surface area contributed by atoms with E-state index in [1.165, 1.54) is 12.2 Å². The summed E-state index contributed by atoms with van der Waals surface area (Å²) in [6, 6.07) is 7.20.